The van der Waals surface area contributed by atoms with Crippen molar-refractivity contribution in [3.63, 3.8) is 0 Å². The first-order chi connectivity index (χ1) is 4.88. The van der Waals surface area contributed by atoms with Crippen molar-refractivity contribution in [2.24, 2.45) is 16.2 Å². The molecule has 2 N–H and O–H groups in total. The van der Waals surface area contributed by atoms with Crippen LogP contribution in [0.5, 0.6) is 0 Å². The molecule has 2 rings (SSSR count). The zero-order valence-corrected chi connectivity index (χ0v) is 5.90. The molecule has 10 heavy (non-hydrogen) atoms. The predicted molar refractivity (Wildman–Crippen MR) is 36.9 cm³/mol. The van der Waals surface area contributed by atoms with Crippen LogP contribution in [0.25, 0.3) is 0 Å². The molecule has 4 heteroatoms. The van der Waals surface area contributed by atoms with E-state index in [1.807, 2.05) is 0 Å². The Bertz CT molecular complexity index is 156. The van der Waals surface area contributed by atoms with Crippen molar-refractivity contribution < 1.29 is 0 Å². The van der Waals surface area contributed by atoms with Crippen LogP contribution in [0.3, 0.4) is 0 Å². The quantitative estimate of drug-likeness (QED) is 0.507. The fraction of sp³-hybridized carbons (Fsp3) is 1.00. The first-order valence-corrected chi connectivity index (χ1v) is 3.82. The summed E-state index contributed by atoms with van der Waals surface area (Å²) in [6.07, 6.45) is 4.89. The van der Waals surface area contributed by atoms with Gasteiger partial charge in [0.2, 0.25) is 0 Å². The third kappa shape index (κ3) is 0.794. The highest BCUT2D eigenvalue weighted by Gasteiger charge is 2.32. The Morgan fingerprint density at radius 3 is 2.90 bits per heavy atom. The van der Waals surface area contributed by atoms with Crippen molar-refractivity contribution in [3.05, 3.63) is 0 Å². The maximum absolute atomic E-state index is 5.56. The monoisotopic (exact) mass is 140 g/mol. The van der Waals surface area contributed by atoms with Crippen LogP contribution >= 0.6 is 0 Å². The van der Waals surface area contributed by atoms with Crippen LogP contribution in [0.4, 0.5) is 0 Å². The molecule has 0 aromatic rings. The third-order valence-corrected chi connectivity index (χ3v) is 2.34. The molecule has 0 aromatic carbocycles. The van der Waals surface area contributed by atoms with Gasteiger partial charge >= 0.3 is 0 Å². The number of hydrogen-bond donors (Lipinski definition) is 1. The molecule has 1 saturated carbocycles. The maximum atomic E-state index is 5.56. The highest BCUT2D eigenvalue weighted by atomic mass is 15.7. The van der Waals surface area contributed by atoms with Gasteiger partial charge in [-0.25, -0.2) is 11.0 Å². The number of nitrogens with zero attached hydrogens (tertiary/aromatic N) is 3. The second-order valence-corrected chi connectivity index (χ2v) is 3.00. The average Bonchev–Trinajstić information content (AvgIpc) is 2.34. The first-order valence-electron chi connectivity index (χ1n) is 3.82. The minimum atomic E-state index is 0.402. The van der Waals surface area contributed by atoms with Crippen molar-refractivity contribution in [1.82, 2.24) is 5.12 Å². The van der Waals surface area contributed by atoms with E-state index in [0.29, 0.717) is 12.1 Å². The predicted octanol–water partition coefficient (Wildman–Crippen LogP) is 0.854. The number of hydrogen-bond acceptors (Lipinski definition) is 4. The molecule has 4 nitrogen and oxygen atoms in total. The van der Waals surface area contributed by atoms with Crippen LogP contribution in [0, 0.1) is 0 Å². The van der Waals surface area contributed by atoms with E-state index in [9.17, 15) is 0 Å². The lowest BCUT2D eigenvalue weighted by molar-refractivity contribution is 0.188. The fourth-order valence-corrected chi connectivity index (χ4v) is 1.73. The van der Waals surface area contributed by atoms with Crippen molar-refractivity contribution in [1.29, 1.82) is 0 Å². The van der Waals surface area contributed by atoms with Gasteiger partial charge in [-0.15, -0.1) is 0 Å². The first kappa shape index (κ1) is 6.09. The van der Waals surface area contributed by atoms with Crippen LogP contribution in [0.15, 0.2) is 10.3 Å². The second-order valence-electron chi connectivity index (χ2n) is 3.00. The van der Waals surface area contributed by atoms with Crippen molar-refractivity contribution >= 4 is 0 Å². The molecular weight excluding hydrogens is 128 g/mol. The van der Waals surface area contributed by atoms with Crippen LogP contribution < -0.4 is 5.84 Å². The molecule has 2 atom stereocenters. The lowest BCUT2D eigenvalue weighted by Gasteiger charge is -2.25. The highest BCUT2D eigenvalue weighted by Crippen LogP contribution is 2.28. The summed E-state index contributed by atoms with van der Waals surface area (Å²) in [7, 11) is 0. The van der Waals surface area contributed by atoms with Gasteiger partial charge in [0.15, 0.2) is 0 Å². The van der Waals surface area contributed by atoms with Gasteiger partial charge in [-0.2, -0.15) is 5.11 Å². The largest absolute Gasteiger partial charge is 0.230 e. The standard InChI is InChI=1S/C6H12N4/c7-10-6-4-2-1-3-5(6)8-9-10/h5-6H,1-4,7H2. The average molecular weight is 140 g/mol. The third-order valence-electron chi connectivity index (χ3n) is 2.34. The molecule has 0 saturated heterocycles. The Hall–Kier alpha value is -0.640. The van der Waals surface area contributed by atoms with Gasteiger partial charge in [0.05, 0.1) is 12.1 Å². The number of rotatable bonds is 0. The molecule has 1 aliphatic heterocycles. The number of hydrazine groups is 1. The van der Waals surface area contributed by atoms with Crippen LogP contribution in [0.2, 0.25) is 0 Å². The van der Waals surface area contributed by atoms with E-state index in [4.69, 9.17) is 5.84 Å². The second kappa shape index (κ2) is 2.20. The number of nitrogens with two attached hydrogens (primary N) is 1. The van der Waals surface area contributed by atoms with Crippen LogP contribution in [-0.2, 0) is 0 Å². The normalized spacial score (nSPS) is 38.3. The molecule has 1 heterocycles. The molecule has 2 unspecified atom stereocenters. The molecule has 0 radical (unpaired) electrons. The van der Waals surface area contributed by atoms with Crippen LogP contribution in [-0.4, -0.2) is 17.2 Å². The van der Waals surface area contributed by atoms with Crippen molar-refractivity contribution in [3.8, 4) is 0 Å². The van der Waals surface area contributed by atoms with Gasteiger partial charge in [-0.3, -0.25) is 0 Å². The highest BCUT2D eigenvalue weighted by molar-refractivity contribution is 4.87. The Morgan fingerprint density at radius 1 is 1.30 bits per heavy atom. The van der Waals surface area contributed by atoms with E-state index < -0.39 is 0 Å². The smallest absolute Gasteiger partial charge is 0.0966 e. The topological polar surface area (TPSA) is 54.0 Å². The van der Waals surface area contributed by atoms with E-state index in [2.05, 4.69) is 10.3 Å². The van der Waals surface area contributed by atoms with Gasteiger partial charge in [-0.05, 0) is 12.8 Å². The molecular formula is C6H12N4. The molecule has 0 bridgehead atoms. The lowest BCUT2D eigenvalue weighted by Crippen LogP contribution is -2.40. The summed E-state index contributed by atoms with van der Waals surface area (Å²) in [4.78, 5) is 0. The minimum absolute atomic E-state index is 0.402. The minimum Gasteiger partial charge on any atom is -0.230 e. The molecule has 0 aromatic heterocycles. The zero-order chi connectivity index (χ0) is 6.97. The summed E-state index contributed by atoms with van der Waals surface area (Å²) in [5, 5.41) is 9.40. The summed E-state index contributed by atoms with van der Waals surface area (Å²) < 4.78 is 0. The summed E-state index contributed by atoms with van der Waals surface area (Å²) in [6, 6.07) is 0.812. The Labute approximate surface area is 60.0 Å². The van der Waals surface area contributed by atoms with E-state index in [1.165, 1.54) is 24.4 Å². The Kier molecular flexibility index (Phi) is 1.34. The maximum Gasteiger partial charge on any atom is 0.0966 e. The van der Waals surface area contributed by atoms with E-state index in [0.717, 1.165) is 6.42 Å². The summed E-state index contributed by atoms with van der Waals surface area (Å²) in [5.41, 5.74) is 0. The SMILES string of the molecule is NN1N=NC2CCCCC21. The summed E-state index contributed by atoms with van der Waals surface area (Å²) >= 11 is 0. The van der Waals surface area contributed by atoms with Crippen molar-refractivity contribution in [2.75, 3.05) is 0 Å². The zero-order valence-electron chi connectivity index (χ0n) is 5.90. The Balaban J connectivity index is 2.07. The molecule has 2 aliphatic rings. The molecule has 0 spiro atoms. The van der Waals surface area contributed by atoms with Gasteiger partial charge in [0.1, 0.15) is 0 Å². The van der Waals surface area contributed by atoms with E-state index >= 15 is 0 Å². The van der Waals surface area contributed by atoms with Gasteiger partial charge < -0.3 is 0 Å². The lowest BCUT2D eigenvalue weighted by atomic mass is 9.92. The number of fused-ring (bicyclic) bond motifs is 1. The summed E-state index contributed by atoms with van der Waals surface area (Å²) in [6.45, 7) is 0. The van der Waals surface area contributed by atoms with Crippen LogP contribution in [0.1, 0.15) is 25.7 Å². The van der Waals surface area contributed by atoms with Gasteiger partial charge in [-0.1, -0.05) is 18.1 Å². The van der Waals surface area contributed by atoms with Crippen molar-refractivity contribution in [2.45, 2.75) is 37.8 Å². The Morgan fingerprint density at radius 2 is 2.10 bits per heavy atom. The molecule has 56 valence electrons. The molecule has 1 aliphatic carbocycles. The fourth-order valence-electron chi connectivity index (χ4n) is 1.73. The van der Waals surface area contributed by atoms with Gasteiger partial charge in [0.25, 0.3) is 0 Å². The van der Waals surface area contributed by atoms with Gasteiger partial charge in [0, 0.05) is 0 Å². The molecule has 1 fully saturated rings. The van der Waals surface area contributed by atoms with E-state index in [-0.39, 0.29) is 0 Å². The van der Waals surface area contributed by atoms with E-state index in [1.54, 1.807) is 0 Å². The summed E-state index contributed by atoms with van der Waals surface area (Å²) in [5.74, 6) is 5.56. The molecule has 0 amide bonds.